The minimum atomic E-state index is 0.168. The Bertz CT molecular complexity index is 207. The van der Waals surface area contributed by atoms with Crippen LogP contribution in [0.5, 0.6) is 0 Å². The summed E-state index contributed by atoms with van der Waals surface area (Å²) in [7, 11) is 2.15. The molecule has 2 heterocycles. The fourth-order valence-corrected chi connectivity index (χ4v) is 2.43. The number of carbonyl (C=O) groups is 1. The molecule has 3 heteroatoms. The Kier molecular flexibility index (Phi) is 2.28. The smallest absolute Gasteiger partial charge is 0.220 e. The molecule has 2 aliphatic rings. The first-order valence-electron chi connectivity index (χ1n) is 5.20. The fourth-order valence-electron chi connectivity index (χ4n) is 2.43. The lowest BCUT2D eigenvalue weighted by Gasteiger charge is -2.43. The van der Waals surface area contributed by atoms with E-state index in [1.807, 2.05) is 0 Å². The number of carbonyl (C=O) groups excluding carboxylic acids is 1. The van der Waals surface area contributed by atoms with E-state index in [0.29, 0.717) is 0 Å². The first kappa shape index (κ1) is 9.00. The zero-order valence-electron chi connectivity index (χ0n) is 8.31. The van der Waals surface area contributed by atoms with Crippen molar-refractivity contribution in [1.29, 1.82) is 0 Å². The van der Waals surface area contributed by atoms with E-state index >= 15 is 0 Å². The molecule has 0 atom stereocenters. The summed E-state index contributed by atoms with van der Waals surface area (Å²) < 4.78 is 0. The van der Waals surface area contributed by atoms with Gasteiger partial charge in [0, 0.05) is 25.0 Å². The number of hydrogen-bond donors (Lipinski definition) is 1. The van der Waals surface area contributed by atoms with Gasteiger partial charge in [0.15, 0.2) is 0 Å². The van der Waals surface area contributed by atoms with E-state index in [9.17, 15) is 4.79 Å². The van der Waals surface area contributed by atoms with Gasteiger partial charge in [0.25, 0.3) is 0 Å². The lowest BCUT2D eigenvalue weighted by Crippen LogP contribution is -2.56. The number of hydrogen-bond acceptors (Lipinski definition) is 2. The molecule has 0 aromatic carbocycles. The monoisotopic (exact) mass is 182 g/mol. The largest absolute Gasteiger partial charge is 0.351 e. The number of nitrogens with one attached hydrogen (secondary N) is 1. The molecule has 0 aromatic rings. The van der Waals surface area contributed by atoms with E-state index < -0.39 is 0 Å². The molecule has 3 nitrogen and oxygen atoms in total. The Labute approximate surface area is 79.5 Å². The molecule has 0 radical (unpaired) electrons. The molecule has 1 N–H and O–H groups in total. The number of piperidine rings is 2. The van der Waals surface area contributed by atoms with Crippen LogP contribution in [0.2, 0.25) is 0 Å². The Balaban J connectivity index is 1.99. The maximum Gasteiger partial charge on any atom is 0.220 e. The average Bonchev–Trinajstić information content (AvgIpc) is 2.11. The third kappa shape index (κ3) is 1.85. The normalized spacial score (nSPS) is 28.8. The molecule has 74 valence electrons. The molecule has 1 amide bonds. The van der Waals surface area contributed by atoms with E-state index in [1.165, 1.54) is 6.42 Å². The molecule has 2 fully saturated rings. The van der Waals surface area contributed by atoms with E-state index in [2.05, 4.69) is 17.3 Å². The van der Waals surface area contributed by atoms with Crippen LogP contribution < -0.4 is 5.32 Å². The lowest BCUT2D eigenvalue weighted by atomic mass is 9.80. The van der Waals surface area contributed by atoms with E-state index in [0.717, 1.165) is 38.8 Å². The number of rotatable bonds is 0. The van der Waals surface area contributed by atoms with Crippen LogP contribution in [-0.2, 0) is 4.79 Å². The van der Waals surface area contributed by atoms with Gasteiger partial charge in [-0.2, -0.15) is 0 Å². The van der Waals surface area contributed by atoms with Gasteiger partial charge in [-0.25, -0.2) is 0 Å². The van der Waals surface area contributed by atoms with Crippen molar-refractivity contribution in [2.75, 3.05) is 20.1 Å². The highest BCUT2D eigenvalue weighted by Gasteiger charge is 2.36. The molecule has 2 saturated heterocycles. The summed E-state index contributed by atoms with van der Waals surface area (Å²) in [4.78, 5) is 13.6. The SMILES string of the molecule is CN1CCC2(CCCC(=O)N2)CC1. The second-order valence-corrected chi connectivity index (χ2v) is 4.49. The van der Waals surface area contributed by atoms with Crippen molar-refractivity contribution in [2.45, 2.75) is 37.6 Å². The van der Waals surface area contributed by atoms with Crippen LogP contribution in [0.1, 0.15) is 32.1 Å². The number of likely N-dealkylation sites (tertiary alicyclic amines) is 1. The second-order valence-electron chi connectivity index (χ2n) is 4.49. The molecule has 13 heavy (non-hydrogen) atoms. The third-order valence-corrected chi connectivity index (χ3v) is 3.41. The third-order valence-electron chi connectivity index (χ3n) is 3.41. The summed E-state index contributed by atoms with van der Waals surface area (Å²) in [5, 5.41) is 3.19. The predicted molar refractivity (Wildman–Crippen MR) is 51.5 cm³/mol. The van der Waals surface area contributed by atoms with Gasteiger partial charge >= 0.3 is 0 Å². The van der Waals surface area contributed by atoms with Crippen molar-refractivity contribution in [3.05, 3.63) is 0 Å². The molecule has 2 aliphatic heterocycles. The quantitative estimate of drug-likeness (QED) is 0.599. The maximum absolute atomic E-state index is 11.3. The summed E-state index contributed by atoms with van der Waals surface area (Å²) in [6.45, 7) is 2.25. The van der Waals surface area contributed by atoms with Gasteiger partial charge in [-0.1, -0.05) is 0 Å². The minimum absolute atomic E-state index is 0.168. The van der Waals surface area contributed by atoms with Gasteiger partial charge in [-0.3, -0.25) is 4.79 Å². The van der Waals surface area contributed by atoms with Gasteiger partial charge in [-0.05, 0) is 32.7 Å². The van der Waals surface area contributed by atoms with Crippen molar-refractivity contribution in [3.8, 4) is 0 Å². The van der Waals surface area contributed by atoms with Crippen LogP contribution in [0.25, 0.3) is 0 Å². The van der Waals surface area contributed by atoms with Crippen molar-refractivity contribution in [2.24, 2.45) is 0 Å². The van der Waals surface area contributed by atoms with Crippen LogP contribution in [-0.4, -0.2) is 36.5 Å². The fraction of sp³-hybridized carbons (Fsp3) is 0.900. The van der Waals surface area contributed by atoms with Crippen LogP contribution >= 0.6 is 0 Å². The standard InChI is InChI=1S/C10H18N2O/c1-12-7-5-10(6-8-12)4-2-3-9(13)11-10/h2-8H2,1H3,(H,11,13). The molecule has 1 spiro atoms. The highest BCUT2D eigenvalue weighted by Crippen LogP contribution is 2.30. The highest BCUT2D eigenvalue weighted by atomic mass is 16.1. The van der Waals surface area contributed by atoms with Crippen molar-refractivity contribution < 1.29 is 4.79 Å². The number of nitrogens with zero attached hydrogens (tertiary/aromatic N) is 1. The predicted octanol–water partition coefficient (Wildman–Crippen LogP) is 0.751. The zero-order valence-corrected chi connectivity index (χ0v) is 8.31. The topological polar surface area (TPSA) is 32.3 Å². The Morgan fingerprint density at radius 1 is 1.31 bits per heavy atom. The van der Waals surface area contributed by atoms with Crippen LogP contribution in [0.4, 0.5) is 0 Å². The molecule has 0 aromatic heterocycles. The van der Waals surface area contributed by atoms with E-state index in [1.54, 1.807) is 0 Å². The second kappa shape index (κ2) is 3.29. The Morgan fingerprint density at radius 3 is 2.62 bits per heavy atom. The lowest BCUT2D eigenvalue weighted by molar-refractivity contribution is -0.126. The van der Waals surface area contributed by atoms with Gasteiger partial charge in [-0.15, -0.1) is 0 Å². The molecular formula is C10H18N2O. The Hall–Kier alpha value is -0.570. The number of amides is 1. The van der Waals surface area contributed by atoms with Gasteiger partial charge < -0.3 is 10.2 Å². The zero-order chi connectivity index (χ0) is 9.31. The van der Waals surface area contributed by atoms with Crippen LogP contribution in [0, 0.1) is 0 Å². The van der Waals surface area contributed by atoms with Crippen molar-refractivity contribution >= 4 is 5.91 Å². The molecular weight excluding hydrogens is 164 g/mol. The van der Waals surface area contributed by atoms with Gasteiger partial charge in [0.05, 0.1) is 0 Å². The van der Waals surface area contributed by atoms with Crippen molar-refractivity contribution in [3.63, 3.8) is 0 Å². The highest BCUT2D eigenvalue weighted by molar-refractivity contribution is 5.77. The van der Waals surface area contributed by atoms with E-state index in [4.69, 9.17) is 0 Å². The Morgan fingerprint density at radius 2 is 2.00 bits per heavy atom. The van der Waals surface area contributed by atoms with Gasteiger partial charge in [0.2, 0.25) is 5.91 Å². The summed E-state index contributed by atoms with van der Waals surface area (Å²) in [6.07, 6.45) is 5.27. The maximum atomic E-state index is 11.3. The first-order valence-corrected chi connectivity index (χ1v) is 5.20. The first-order chi connectivity index (χ1) is 6.20. The molecule has 0 saturated carbocycles. The van der Waals surface area contributed by atoms with Crippen LogP contribution in [0.3, 0.4) is 0 Å². The average molecular weight is 182 g/mol. The van der Waals surface area contributed by atoms with Crippen LogP contribution in [0.15, 0.2) is 0 Å². The molecule has 0 bridgehead atoms. The summed E-state index contributed by atoms with van der Waals surface area (Å²) >= 11 is 0. The van der Waals surface area contributed by atoms with E-state index in [-0.39, 0.29) is 11.4 Å². The minimum Gasteiger partial charge on any atom is -0.351 e. The molecule has 2 rings (SSSR count). The molecule has 0 aliphatic carbocycles. The summed E-state index contributed by atoms with van der Waals surface area (Å²) in [5.74, 6) is 0.260. The van der Waals surface area contributed by atoms with Gasteiger partial charge in [0.1, 0.15) is 0 Å². The molecule has 0 unspecified atom stereocenters. The van der Waals surface area contributed by atoms with Crippen molar-refractivity contribution in [1.82, 2.24) is 10.2 Å². The summed E-state index contributed by atoms with van der Waals surface area (Å²) in [5.41, 5.74) is 0.168. The summed E-state index contributed by atoms with van der Waals surface area (Å²) in [6, 6.07) is 0.